The number of rotatable bonds is 6. The summed E-state index contributed by atoms with van der Waals surface area (Å²) >= 11 is 0. The maximum absolute atomic E-state index is 12.7. The quantitative estimate of drug-likeness (QED) is 0.752. The molecule has 20 heavy (non-hydrogen) atoms. The topological polar surface area (TPSA) is 53.3 Å². The molecule has 0 bridgehead atoms. The molecule has 0 saturated heterocycles. The van der Waals surface area contributed by atoms with Crippen LogP contribution in [0.4, 0.5) is 4.39 Å². The molecule has 0 saturated carbocycles. The lowest BCUT2D eigenvalue weighted by molar-refractivity contribution is -0.136. The standard InChI is InChI=1S/C15H19FN2O2/c1-15(2,11-17)14(19)18(3)9-4-10-20-13-7-5-12(16)6-8-13/h5-8H,4,9-10H2,1-3H3. The van der Waals surface area contributed by atoms with E-state index in [0.717, 1.165) is 0 Å². The molecular weight excluding hydrogens is 259 g/mol. The van der Waals surface area contributed by atoms with Crippen LogP contribution in [0.3, 0.4) is 0 Å². The van der Waals surface area contributed by atoms with Crippen LogP contribution in [0.25, 0.3) is 0 Å². The Hall–Kier alpha value is -2.09. The summed E-state index contributed by atoms with van der Waals surface area (Å²) in [6.07, 6.45) is 0.640. The minimum absolute atomic E-state index is 0.207. The van der Waals surface area contributed by atoms with Crippen molar-refractivity contribution < 1.29 is 13.9 Å². The Morgan fingerprint density at radius 2 is 2.00 bits per heavy atom. The van der Waals surface area contributed by atoms with E-state index in [1.165, 1.54) is 17.0 Å². The first-order valence-corrected chi connectivity index (χ1v) is 6.42. The second kappa shape index (κ2) is 6.90. The highest BCUT2D eigenvalue weighted by Crippen LogP contribution is 2.16. The third-order valence-electron chi connectivity index (χ3n) is 2.88. The number of hydrogen-bond acceptors (Lipinski definition) is 3. The summed E-state index contributed by atoms with van der Waals surface area (Å²) in [5.74, 6) is 0.0842. The summed E-state index contributed by atoms with van der Waals surface area (Å²) in [5.41, 5.74) is -1.01. The van der Waals surface area contributed by atoms with Gasteiger partial charge in [-0.3, -0.25) is 4.79 Å². The van der Waals surface area contributed by atoms with E-state index in [9.17, 15) is 9.18 Å². The highest BCUT2D eigenvalue weighted by atomic mass is 19.1. The number of nitriles is 1. The summed E-state index contributed by atoms with van der Waals surface area (Å²) in [7, 11) is 1.67. The van der Waals surface area contributed by atoms with Crippen LogP contribution in [-0.2, 0) is 4.79 Å². The van der Waals surface area contributed by atoms with Gasteiger partial charge in [0.1, 0.15) is 17.0 Å². The van der Waals surface area contributed by atoms with E-state index >= 15 is 0 Å². The molecule has 1 rings (SSSR count). The molecule has 0 aromatic heterocycles. The van der Waals surface area contributed by atoms with Gasteiger partial charge in [-0.25, -0.2) is 4.39 Å². The summed E-state index contributed by atoms with van der Waals surface area (Å²) in [6.45, 7) is 4.13. The van der Waals surface area contributed by atoms with Gasteiger partial charge in [-0.05, 0) is 44.5 Å². The molecule has 0 aliphatic heterocycles. The molecule has 0 aliphatic carbocycles. The SMILES string of the molecule is CN(CCCOc1ccc(F)cc1)C(=O)C(C)(C)C#N. The lowest BCUT2D eigenvalue weighted by Crippen LogP contribution is -2.38. The average molecular weight is 278 g/mol. The van der Waals surface area contributed by atoms with Gasteiger partial charge in [0.2, 0.25) is 5.91 Å². The summed E-state index contributed by atoms with van der Waals surface area (Å²) < 4.78 is 18.1. The summed E-state index contributed by atoms with van der Waals surface area (Å²) in [4.78, 5) is 13.4. The van der Waals surface area contributed by atoms with Crippen molar-refractivity contribution in [2.45, 2.75) is 20.3 Å². The number of hydrogen-bond donors (Lipinski definition) is 0. The molecule has 0 unspecified atom stereocenters. The largest absolute Gasteiger partial charge is 0.494 e. The van der Waals surface area contributed by atoms with Gasteiger partial charge in [-0.1, -0.05) is 0 Å². The Morgan fingerprint density at radius 1 is 1.40 bits per heavy atom. The summed E-state index contributed by atoms with van der Waals surface area (Å²) in [5, 5.41) is 8.90. The maximum Gasteiger partial charge on any atom is 0.242 e. The number of carbonyl (C=O) groups excluding carboxylic acids is 1. The molecule has 1 amide bonds. The second-order valence-electron chi connectivity index (χ2n) is 5.12. The van der Waals surface area contributed by atoms with E-state index in [4.69, 9.17) is 10.00 Å². The second-order valence-corrected chi connectivity index (χ2v) is 5.12. The molecule has 1 aromatic rings. The first-order chi connectivity index (χ1) is 9.36. The van der Waals surface area contributed by atoms with Gasteiger partial charge in [0.05, 0.1) is 12.7 Å². The van der Waals surface area contributed by atoms with E-state index in [1.54, 1.807) is 33.0 Å². The molecule has 4 nitrogen and oxygen atoms in total. The van der Waals surface area contributed by atoms with Gasteiger partial charge in [0.15, 0.2) is 0 Å². The van der Waals surface area contributed by atoms with Gasteiger partial charge < -0.3 is 9.64 Å². The Kier molecular flexibility index (Phi) is 5.51. The van der Waals surface area contributed by atoms with Gasteiger partial charge in [0, 0.05) is 13.6 Å². The first kappa shape index (κ1) is 16.0. The molecule has 0 heterocycles. The molecule has 1 aromatic carbocycles. The highest BCUT2D eigenvalue weighted by molar-refractivity contribution is 5.84. The first-order valence-electron chi connectivity index (χ1n) is 6.42. The fourth-order valence-electron chi connectivity index (χ4n) is 1.65. The molecule has 108 valence electrons. The zero-order valence-electron chi connectivity index (χ0n) is 12.0. The smallest absolute Gasteiger partial charge is 0.242 e. The molecule has 0 aliphatic rings. The lowest BCUT2D eigenvalue weighted by Gasteiger charge is -2.23. The normalized spacial score (nSPS) is 10.8. The van der Waals surface area contributed by atoms with Crippen LogP contribution in [-0.4, -0.2) is 31.0 Å². The van der Waals surface area contributed by atoms with Crippen LogP contribution in [0.1, 0.15) is 20.3 Å². The van der Waals surface area contributed by atoms with Crippen molar-refractivity contribution in [3.05, 3.63) is 30.1 Å². The lowest BCUT2D eigenvalue weighted by atomic mass is 9.94. The van der Waals surface area contributed by atoms with Gasteiger partial charge in [-0.15, -0.1) is 0 Å². The highest BCUT2D eigenvalue weighted by Gasteiger charge is 2.29. The van der Waals surface area contributed by atoms with Crippen molar-refractivity contribution in [3.63, 3.8) is 0 Å². The van der Waals surface area contributed by atoms with Crippen molar-refractivity contribution >= 4 is 5.91 Å². The molecule has 0 N–H and O–H groups in total. The minimum Gasteiger partial charge on any atom is -0.494 e. The van der Waals surface area contributed by atoms with Crippen molar-refractivity contribution in [1.82, 2.24) is 4.90 Å². The third kappa shape index (κ3) is 4.54. The summed E-state index contributed by atoms with van der Waals surface area (Å²) in [6, 6.07) is 7.77. The van der Waals surface area contributed by atoms with Crippen molar-refractivity contribution in [2.75, 3.05) is 20.2 Å². The van der Waals surface area contributed by atoms with E-state index in [2.05, 4.69) is 0 Å². The van der Waals surface area contributed by atoms with E-state index in [1.807, 2.05) is 6.07 Å². The predicted molar refractivity (Wildman–Crippen MR) is 73.5 cm³/mol. The number of amides is 1. The van der Waals surface area contributed by atoms with Crippen molar-refractivity contribution in [3.8, 4) is 11.8 Å². The minimum atomic E-state index is -1.01. The van der Waals surface area contributed by atoms with Crippen LogP contribution in [0.15, 0.2) is 24.3 Å². The Labute approximate surface area is 118 Å². The third-order valence-corrected chi connectivity index (χ3v) is 2.88. The van der Waals surface area contributed by atoms with Crippen molar-refractivity contribution in [2.24, 2.45) is 5.41 Å². The monoisotopic (exact) mass is 278 g/mol. The number of carbonyl (C=O) groups is 1. The number of benzene rings is 1. The fraction of sp³-hybridized carbons (Fsp3) is 0.467. The molecule has 0 spiro atoms. The van der Waals surface area contributed by atoms with Crippen LogP contribution in [0, 0.1) is 22.6 Å². The van der Waals surface area contributed by atoms with E-state index < -0.39 is 5.41 Å². The number of ether oxygens (including phenoxy) is 1. The van der Waals surface area contributed by atoms with E-state index in [-0.39, 0.29) is 11.7 Å². The Balaban J connectivity index is 2.33. The predicted octanol–water partition coefficient (Wildman–Crippen LogP) is 2.60. The Morgan fingerprint density at radius 3 is 2.55 bits per heavy atom. The Bertz CT molecular complexity index is 492. The molecule has 5 heteroatoms. The fourth-order valence-corrected chi connectivity index (χ4v) is 1.65. The average Bonchev–Trinajstić information content (AvgIpc) is 2.44. The van der Waals surface area contributed by atoms with Crippen LogP contribution in [0.2, 0.25) is 0 Å². The zero-order valence-corrected chi connectivity index (χ0v) is 12.0. The van der Waals surface area contributed by atoms with Crippen molar-refractivity contribution in [1.29, 1.82) is 5.26 Å². The van der Waals surface area contributed by atoms with E-state index in [0.29, 0.717) is 25.3 Å². The van der Waals surface area contributed by atoms with Gasteiger partial charge in [0.25, 0.3) is 0 Å². The van der Waals surface area contributed by atoms with Gasteiger partial charge in [-0.2, -0.15) is 5.26 Å². The molecule has 0 radical (unpaired) electrons. The van der Waals surface area contributed by atoms with Crippen LogP contribution < -0.4 is 4.74 Å². The molecule has 0 atom stereocenters. The zero-order chi connectivity index (χ0) is 15.2. The van der Waals surface area contributed by atoms with Gasteiger partial charge >= 0.3 is 0 Å². The number of nitrogens with zero attached hydrogens (tertiary/aromatic N) is 2. The van der Waals surface area contributed by atoms with Crippen LogP contribution >= 0.6 is 0 Å². The molecular formula is C15H19FN2O2. The maximum atomic E-state index is 12.7. The number of halogens is 1. The molecule has 0 fully saturated rings. The van der Waals surface area contributed by atoms with Crippen LogP contribution in [0.5, 0.6) is 5.75 Å².